The molecule has 0 spiro atoms. The van der Waals surface area contributed by atoms with Gasteiger partial charge in [-0.25, -0.2) is 4.98 Å². The van der Waals surface area contributed by atoms with Gasteiger partial charge in [0.1, 0.15) is 5.15 Å². The van der Waals surface area contributed by atoms with Crippen molar-refractivity contribution >= 4 is 39.4 Å². The molecule has 0 aliphatic heterocycles. The average molecular weight is 352 g/mol. The van der Waals surface area contributed by atoms with Gasteiger partial charge >= 0.3 is 5.97 Å². The van der Waals surface area contributed by atoms with E-state index in [1.165, 1.54) is 19.2 Å². The number of pyridine rings is 1. The summed E-state index contributed by atoms with van der Waals surface area (Å²) < 4.78 is 0.583. The zero-order valence-electron chi connectivity index (χ0n) is 9.98. The van der Waals surface area contributed by atoms with E-state index in [-0.39, 0.29) is 17.3 Å². The minimum absolute atomic E-state index is 0.0265. The smallest absolute Gasteiger partial charge is 0.306 e. The fourth-order valence-electron chi connectivity index (χ4n) is 1.34. The predicted octanol–water partition coefficient (Wildman–Crippen LogP) is 1.45. The van der Waals surface area contributed by atoms with Crippen LogP contribution in [0, 0.1) is 0 Å². The van der Waals surface area contributed by atoms with Crippen LogP contribution in [-0.4, -0.2) is 39.2 Å². The van der Waals surface area contributed by atoms with Gasteiger partial charge in [-0.2, -0.15) is 0 Å². The lowest BCUT2D eigenvalue weighted by molar-refractivity contribution is -0.141. The van der Waals surface area contributed by atoms with E-state index in [2.05, 4.69) is 26.2 Å². The van der Waals surface area contributed by atoms with Crippen LogP contribution in [0.5, 0.6) is 0 Å². The summed E-state index contributed by atoms with van der Waals surface area (Å²) in [4.78, 5) is 26.1. The van der Waals surface area contributed by atoms with E-state index < -0.39 is 23.9 Å². The third kappa shape index (κ3) is 5.14. The van der Waals surface area contributed by atoms with Gasteiger partial charge in [-0.3, -0.25) is 9.59 Å². The first-order valence-corrected chi connectivity index (χ1v) is 6.42. The summed E-state index contributed by atoms with van der Waals surface area (Å²) in [5.74, 6) is -1.69. The van der Waals surface area contributed by atoms with Crippen LogP contribution in [-0.2, 0) is 4.79 Å². The second-order valence-corrected chi connectivity index (χ2v) is 5.52. The van der Waals surface area contributed by atoms with E-state index in [4.69, 9.17) is 16.7 Å². The Labute approximate surface area is 122 Å². The van der Waals surface area contributed by atoms with Crippen molar-refractivity contribution in [3.63, 3.8) is 0 Å². The van der Waals surface area contributed by atoms with Crippen LogP contribution in [0.2, 0.25) is 5.15 Å². The average Bonchev–Trinajstić information content (AvgIpc) is 2.27. The molecular formula is C11H12BrClN2O4. The Bertz CT molecular complexity index is 507. The van der Waals surface area contributed by atoms with E-state index in [0.29, 0.717) is 4.47 Å². The highest BCUT2D eigenvalue weighted by Gasteiger charge is 2.25. The van der Waals surface area contributed by atoms with Crippen LogP contribution < -0.4 is 5.32 Å². The minimum atomic E-state index is -1.53. The molecular weight excluding hydrogens is 339 g/mol. The Morgan fingerprint density at radius 1 is 1.58 bits per heavy atom. The molecule has 0 saturated heterocycles. The zero-order valence-corrected chi connectivity index (χ0v) is 12.3. The lowest BCUT2D eigenvalue weighted by atomic mass is 10.0. The molecule has 0 aliphatic rings. The molecule has 6 nitrogen and oxygen atoms in total. The van der Waals surface area contributed by atoms with Crippen LogP contribution in [0.3, 0.4) is 0 Å². The molecule has 1 amide bonds. The molecule has 0 fully saturated rings. The van der Waals surface area contributed by atoms with Gasteiger partial charge in [0.05, 0.1) is 17.6 Å². The van der Waals surface area contributed by atoms with Crippen molar-refractivity contribution < 1.29 is 19.8 Å². The Morgan fingerprint density at radius 3 is 2.79 bits per heavy atom. The molecule has 3 N–H and O–H groups in total. The molecule has 1 unspecified atom stereocenters. The number of nitrogens with zero attached hydrogens (tertiary/aromatic N) is 1. The first kappa shape index (κ1) is 15.9. The summed E-state index contributed by atoms with van der Waals surface area (Å²) in [6.45, 7) is 1.11. The molecule has 1 heterocycles. The number of aliphatic carboxylic acids is 1. The molecule has 1 rings (SSSR count). The first-order chi connectivity index (χ1) is 8.71. The second kappa shape index (κ2) is 6.31. The van der Waals surface area contributed by atoms with Crippen molar-refractivity contribution in [1.82, 2.24) is 10.3 Å². The van der Waals surface area contributed by atoms with Crippen molar-refractivity contribution in [3.05, 3.63) is 27.5 Å². The predicted molar refractivity (Wildman–Crippen MR) is 72.2 cm³/mol. The molecule has 19 heavy (non-hydrogen) atoms. The number of hydrogen-bond acceptors (Lipinski definition) is 4. The van der Waals surface area contributed by atoms with Gasteiger partial charge < -0.3 is 15.5 Å². The van der Waals surface area contributed by atoms with E-state index in [0.717, 1.165) is 0 Å². The molecule has 0 radical (unpaired) electrons. The van der Waals surface area contributed by atoms with Gasteiger partial charge in [0.25, 0.3) is 5.91 Å². The number of carboxylic acid groups (broad SMARTS) is 1. The van der Waals surface area contributed by atoms with Crippen LogP contribution >= 0.6 is 27.5 Å². The maximum Gasteiger partial charge on any atom is 0.306 e. The van der Waals surface area contributed by atoms with Crippen molar-refractivity contribution in [1.29, 1.82) is 0 Å². The number of hydrogen-bond donors (Lipinski definition) is 3. The van der Waals surface area contributed by atoms with Crippen LogP contribution in [0.25, 0.3) is 0 Å². The first-order valence-electron chi connectivity index (χ1n) is 5.25. The molecule has 1 atom stereocenters. The molecule has 0 saturated carbocycles. The number of aromatic nitrogens is 1. The third-order valence-electron chi connectivity index (χ3n) is 2.21. The number of carbonyl (C=O) groups excluding carboxylic acids is 1. The zero-order chi connectivity index (χ0) is 14.6. The Morgan fingerprint density at radius 2 is 2.21 bits per heavy atom. The molecule has 0 aliphatic carbocycles. The van der Waals surface area contributed by atoms with Gasteiger partial charge in [0.2, 0.25) is 0 Å². The van der Waals surface area contributed by atoms with E-state index in [9.17, 15) is 14.7 Å². The van der Waals surface area contributed by atoms with Gasteiger partial charge in [0, 0.05) is 17.2 Å². The molecule has 8 heteroatoms. The van der Waals surface area contributed by atoms with Crippen LogP contribution in [0.1, 0.15) is 23.7 Å². The topological polar surface area (TPSA) is 99.5 Å². The summed E-state index contributed by atoms with van der Waals surface area (Å²) in [5, 5.41) is 20.8. The summed E-state index contributed by atoms with van der Waals surface area (Å²) >= 11 is 8.94. The largest absolute Gasteiger partial charge is 0.481 e. The quantitative estimate of drug-likeness (QED) is 0.697. The number of amides is 1. The highest BCUT2D eigenvalue weighted by molar-refractivity contribution is 9.10. The van der Waals surface area contributed by atoms with Crippen molar-refractivity contribution in [2.24, 2.45) is 0 Å². The van der Waals surface area contributed by atoms with E-state index >= 15 is 0 Å². The summed E-state index contributed by atoms with van der Waals surface area (Å²) in [6.07, 6.45) is 0.970. The third-order valence-corrected chi connectivity index (χ3v) is 2.95. The summed E-state index contributed by atoms with van der Waals surface area (Å²) in [5.41, 5.74) is -1.39. The Balaban J connectivity index is 2.70. The molecule has 1 aromatic rings. The van der Waals surface area contributed by atoms with Crippen molar-refractivity contribution in [3.8, 4) is 0 Å². The van der Waals surface area contributed by atoms with Crippen LogP contribution in [0.15, 0.2) is 16.7 Å². The fraction of sp³-hybridized carbons (Fsp3) is 0.364. The lowest BCUT2D eigenvalue weighted by Gasteiger charge is -2.21. The molecule has 1 aromatic heterocycles. The monoisotopic (exact) mass is 350 g/mol. The second-order valence-electron chi connectivity index (χ2n) is 4.24. The Kier molecular flexibility index (Phi) is 5.28. The number of halogens is 2. The summed E-state index contributed by atoms with van der Waals surface area (Å²) in [6, 6.07) is 1.48. The highest BCUT2D eigenvalue weighted by Crippen LogP contribution is 2.18. The molecule has 0 aromatic carbocycles. The summed E-state index contributed by atoms with van der Waals surface area (Å²) in [7, 11) is 0. The standard InChI is InChI=1S/C11H12BrClN2O4/c1-11(19,3-8(16)17)5-15-10(18)7-2-6(12)4-14-9(7)13/h2,4,19H,3,5H2,1H3,(H,15,18)(H,16,17). The Hall–Kier alpha value is -1.18. The number of carbonyl (C=O) groups is 2. The number of nitrogens with one attached hydrogen (secondary N) is 1. The van der Waals surface area contributed by atoms with Crippen molar-refractivity contribution in [2.45, 2.75) is 18.9 Å². The van der Waals surface area contributed by atoms with Gasteiger partial charge in [-0.15, -0.1) is 0 Å². The SMILES string of the molecule is CC(O)(CNC(=O)c1cc(Br)cnc1Cl)CC(=O)O. The van der Waals surface area contributed by atoms with Crippen LogP contribution in [0.4, 0.5) is 0 Å². The van der Waals surface area contributed by atoms with E-state index in [1.807, 2.05) is 0 Å². The number of carboxylic acids is 1. The van der Waals surface area contributed by atoms with Gasteiger partial charge in [-0.05, 0) is 28.9 Å². The van der Waals surface area contributed by atoms with Gasteiger partial charge in [0.15, 0.2) is 0 Å². The normalized spacial score (nSPS) is 13.7. The fourth-order valence-corrected chi connectivity index (χ4v) is 1.86. The molecule has 0 bridgehead atoms. The minimum Gasteiger partial charge on any atom is -0.481 e. The number of rotatable bonds is 5. The van der Waals surface area contributed by atoms with E-state index in [1.54, 1.807) is 0 Å². The number of aliphatic hydroxyl groups is 1. The maximum absolute atomic E-state index is 11.8. The molecule has 104 valence electrons. The van der Waals surface area contributed by atoms with Crippen molar-refractivity contribution in [2.75, 3.05) is 6.54 Å². The van der Waals surface area contributed by atoms with Gasteiger partial charge in [-0.1, -0.05) is 11.6 Å². The lowest BCUT2D eigenvalue weighted by Crippen LogP contribution is -2.42. The highest BCUT2D eigenvalue weighted by atomic mass is 79.9. The maximum atomic E-state index is 11.8.